The molecule has 8 nitrogen and oxygen atoms in total. The molecule has 116 valence electrons. The van der Waals surface area contributed by atoms with E-state index in [1.54, 1.807) is 12.1 Å². The number of ether oxygens (including phenoxy) is 1. The van der Waals surface area contributed by atoms with Crippen LogP contribution in [-0.4, -0.2) is 43.8 Å². The van der Waals surface area contributed by atoms with Crippen LogP contribution in [0.4, 0.5) is 5.69 Å². The van der Waals surface area contributed by atoms with E-state index in [0.717, 1.165) is 7.11 Å². The summed E-state index contributed by atoms with van der Waals surface area (Å²) in [6, 6.07) is 5.00. The maximum Gasteiger partial charge on any atom is 0.328 e. The Labute approximate surface area is 122 Å². The topological polar surface area (TPSA) is 136 Å². The second kappa shape index (κ2) is 7.04. The third kappa shape index (κ3) is 5.40. The number of anilines is 1. The number of hydrogen-bond donors (Lipinski definition) is 3. The fourth-order valence-electron chi connectivity index (χ4n) is 1.60. The second-order valence-corrected chi connectivity index (χ2v) is 5.78. The largest absolute Gasteiger partial charge is 0.467 e. The van der Waals surface area contributed by atoms with Gasteiger partial charge in [-0.2, -0.15) is 8.42 Å². The second-order valence-electron chi connectivity index (χ2n) is 4.21. The summed E-state index contributed by atoms with van der Waals surface area (Å²) in [5.74, 6) is -2.14. The fraction of sp³-hybridized carbons (Fsp3) is 0.333. The third-order valence-electron chi connectivity index (χ3n) is 2.66. The molecular formula is C12H16N2O6S. The Kier molecular flexibility index (Phi) is 5.68. The summed E-state index contributed by atoms with van der Waals surface area (Å²) in [5, 5.41) is 2.33. The Hall–Kier alpha value is -2.13. The van der Waals surface area contributed by atoms with Crippen LogP contribution in [0.2, 0.25) is 0 Å². The van der Waals surface area contributed by atoms with Gasteiger partial charge in [0.1, 0.15) is 6.04 Å². The van der Waals surface area contributed by atoms with Crippen LogP contribution in [0.1, 0.15) is 16.8 Å². The van der Waals surface area contributed by atoms with E-state index in [1.807, 2.05) is 0 Å². The number of nitrogen functional groups attached to an aromatic ring is 1. The average Bonchev–Trinajstić information content (AvgIpc) is 2.41. The van der Waals surface area contributed by atoms with Crippen molar-refractivity contribution in [2.75, 3.05) is 18.6 Å². The lowest BCUT2D eigenvalue weighted by molar-refractivity contribution is -0.142. The standard InChI is InChI=1S/C12H16N2O6S/c1-20-12(16)10(6-7-21(17,18)19)14-11(15)8-4-2-3-5-9(8)13/h2-5,10H,6-7,13H2,1H3,(H,14,15)(H,17,18,19)/t10-/m0/s1. The van der Waals surface area contributed by atoms with Crippen LogP contribution in [0.25, 0.3) is 0 Å². The number of esters is 1. The van der Waals surface area contributed by atoms with Gasteiger partial charge in [-0.25, -0.2) is 4.79 Å². The predicted octanol–water partition coefficient (Wildman–Crippen LogP) is -0.182. The van der Waals surface area contributed by atoms with E-state index in [2.05, 4.69) is 10.1 Å². The van der Waals surface area contributed by atoms with Crippen LogP contribution >= 0.6 is 0 Å². The number of hydrogen-bond acceptors (Lipinski definition) is 6. The number of carbonyl (C=O) groups is 2. The third-order valence-corrected chi connectivity index (χ3v) is 3.41. The highest BCUT2D eigenvalue weighted by Crippen LogP contribution is 2.11. The highest BCUT2D eigenvalue weighted by Gasteiger charge is 2.24. The predicted molar refractivity (Wildman–Crippen MR) is 75.2 cm³/mol. The minimum atomic E-state index is -4.25. The van der Waals surface area contributed by atoms with E-state index in [9.17, 15) is 18.0 Å². The van der Waals surface area contributed by atoms with Crippen molar-refractivity contribution in [3.8, 4) is 0 Å². The van der Waals surface area contributed by atoms with E-state index >= 15 is 0 Å². The number of rotatable bonds is 6. The Morgan fingerprint density at radius 2 is 2.00 bits per heavy atom. The van der Waals surface area contributed by atoms with Crippen LogP contribution in [-0.2, 0) is 19.6 Å². The van der Waals surface area contributed by atoms with Crippen molar-refractivity contribution in [2.45, 2.75) is 12.5 Å². The number of carbonyl (C=O) groups excluding carboxylic acids is 2. The summed E-state index contributed by atoms with van der Waals surface area (Å²) in [5.41, 5.74) is 6.00. The van der Waals surface area contributed by atoms with Crippen molar-refractivity contribution in [3.63, 3.8) is 0 Å². The Balaban J connectivity index is 2.84. The maximum absolute atomic E-state index is 12.0. The quantitative estimate of drug-likeness (QED) is 0.376. The SMILES string of the molecule is COC(=O)[C@H](CCS(=O)(=O)O)NC(=O)c1ccccc1N. The van der Waals surface area contributed by atoms with E-state index in [4.69, 9.17) is 10.3 Å². The molecule has 0 heterocycles. The number of nitrogens with one attached hydrogen (secondary N) is 1. The molecule has 1 amide bonds. The number of amides is 1. The van der Waals surface area contributed by atoms with Gasteiger partial charge in [0.05, 0.1) is 18.4 Å². The summed E-state index contributed by atoms with van der Waals surface area (Å²) < 4.78 is 34.6. The van der Waals surface area contributed by atoms with Crippen LogP contribution < -0.4 is 11.1 Å². The lowest BCUT2D eigenvalue weighted by Gasteiger charge is -2.16. The van der Waals surface area contributed by atoms with Gasteiger partial charge in [-0.3, -0.25) is 9.35 Å². The van der Waals surface area contributed by atoms with Gasteiger partial charge in [-0.15, -0.1) is 0 Å². The van der Waals surface area contributed by atoms with Gasteiger partial charge in [0.2, 0.25) is 0 Å². The van der Waals surface area contributed by atoms with E-state index in [1.165, 1.54) is 12.1 Å². The Bertz CT molecular complexity index is 628. The first kappa shape index (κ1) is 16.9. The smallest absolute Gasteiger partial charge is 0.328 e. The Morgan fingerprint density at radius 3 is 2.52 bits per heavy atom. The molecule has 0 aliphatic carbocycles. The molecule has 1 aromatic rings. The first-order valence-corrected chi connectivity index (χ1v) is 7.54. The average molecular weight is 316 g/mol. The molecule has 0 saturated heterocycles. The summed E-state index contributed by atoms with van der Waals surface area (Å²) in [6.07, 6.45) is -0.315. The summed E-state index contributed by atoms with van der Waals surface area (Å²) in [7, 11) is -3.15. The van der Waals surface area contributed by atoms with Crippen LogP contribution in [0.3, 0.4) is 0 Å². The lowest BCUT2D eigenvalue weighted by Crippen LogP contribution is -2.42. The molecular weight excluding hydrogens is 300 g/mol. The molecule has 21 heavy (non-hydrogen) atoms. The van der Waals surface area contributed by atoms with Crippen LogP contribution in [0, 0.1) is 0 Å². The van der Waals surface area contributed by atoms with E-state index in [0.29, 0.717) is 0 Å². The van der Waals surface area contributed by atoms with Gasteiger partial charge in [-0.1, -0.05) is 12.1 Å². The first-order chi connectivity index (χ1) is 9.74. The lowest BCUT2D eigenvalue weighted by atomic mass is 10.1. The van der Waals surface area contributed by atoms with Gasteiger partial charge in [-0.05, 0) is 18.6 Å². The van der Waals surface area contributed by atoms with Gasteiger partial charge in [0, 0.05) is 5.69 Å². The zero-order chi connectivity index (χ0) is 16.0. The highest BCUT2D eigenvalue weighted by molar-refractivity contribution is 7.85. The van der Waals surface area contributed by atoms with Gasteiger partial charge >= 0.3 is 5.97 Å². The number of nitrogens with two attached hydrogens (primary N) is 1. The molecule has 0 radical (unpaired) electrons. The molecule has 1 aromatic carbocycles. The minimum absolute atomic E-state index is 0.151. The van der Waals surface area contributed by atoms with Crippen molar-refractivity contribution >= 4 is 27.7 Å². The van der Waals surface area contributed by atoms with Crippen molar-refractivity contribution in [2.24, 2.45) is 0 Å². The monoisotopic (exact) mass is 316 g/mol. The highest BCUT2D eigenvalue weighted by atomic mass is 32.2. The van der Waals surface area contributed by atoms with Gasteiger partial charge < -0.3 is 15.8 Å². The molecule has 0 aromatic heterocycles. The normalized spacial score (nSPS) is 12.5. The number of methoxy groups -OCH3 is 1. The molecule has 1 rings (SSSR count). The Morgan fingerprint density at radius 1 is 1.38 bits per heavy atom. The van der Waals surface area contributed by atoms with Crippen LogP contribution in [0.5, 0.6) is 0 Å². The molecule has 0 bridgehead atoms. The van der Waals surface area contributed by atoms with Gasteiger partial charge in [0.25, 0.3) is 16.0 Å². The molecule has 0 saturated carbocycles. The number of benzene rings is 1. The fourth-order valence-corrected chi connectivity index (χ4v) is 2.13. The summed E-state index contributed by atoms with van der Waals surface area (Å²) in [4.78, 5) is 23.5. The van der Waals surface area contributed by atoms with Crippen molar-refractivity contribution in [1.82, 2.24) is 5.32 Å². The summed E-state index contributed by atoms with van der Waals surface area (Å²) in [6.45, 7) is 0. The molecule has 4 N–H and O–H groups in total. The molecule has 0 aliphatic heterocycles. The van der Waals surface area contributed by atoms with Gasteiger partial charge in [0.15, 0.2) is 0 Å². The van der Waals surface area contributed by atoms with E-state index in [-0.39, 0.29) is 17.7 Å². The summed E-state index contributed by atoms with van der Waals surface area (Å²) >= 11 is 0. The van der Waals surface area contributed by atoms with Crippen molar-refractivity contribution in [3.05, 3.63) is 29.8 Å². The zero-order valence-electron chi connectivity index (χ0n) is 11.3. The molecule has 9 heteroatoms. The first-order valence-electron chi connectivity index (χ1n) is 5.93. The minimum Gasteiger partial charge on any atom is -0.467 e. The van der Waals surface area contributed by atoms with E-state index < -0.39 is 33.8 Å². The van der Waals surface area contributed by atoms with Crippen LogP contribution in [0.15, 0.2) is 24.3 Å². The van der Waals surface area contributed by atoms with Crippen molar-refractivity contribution < 1.29 is 27.3 Å². The molecule has 0 unspecified atom stereocenters. The maximum atomic E-state index is 12.0. The molecule has 0 spiro atoms. The molecule has 0 fully saturated rings. The van der Waals surface area contributed by atoms with Crippen molar-refractivity contribution in [1.29, 1.82) is 0 Å². The number of para-hydroxylation sites is 1. The molecule has 1 atom stereocenters. The molecule has 0 aliphatic rings. The zero-order valence-corrected chi connectivity index (χ0v) is 12.1.